The van der Waals surface area contributed by atoms with E-state index in [1.807, 2.05) is 6.07 Å². The Kier molecular flexibility index (Phi) is 4.59. The number of carboxylic acid groups (broad SMARTS) is 1. The standard InChI is InChI=1S/C12H19N3O4/c1-12(2,3)19-11(18)15-7-6-14(10(16)17)8-9(15)4-5-13/h9H,4,6-8H2,1-3H3,(H,16,17)/t9-/m0/s1. The minimum atomic E-state index is -1.04. The molecule has 0 bridgehead atoms. The lowest BCUT2D eigenvalue weighted by Gasteiger charge is -2.39. The van der Waals surface area contributed by atoms with Gasteiger partial charge in [-0.15, -0.1) is 0 Å². The molecule has 1 N–H and O–H groups in total. The normalized spacial score (nSPS) is 19.8. The van der Waals surface area contributed by atoms with Gasteiger partial charge in [0.1, 0.15) is 5.60 Å². The Labute approximate surface area is 112 Å². The molecular weight excluding hydrogens is 250 g/mol. The van der Waals surface area contributed by atoms with Crippen molar-refractivity contribution in [3.63, 3.8) is 0 Å². The van der Waals surface area contributed by atoms with Crippen molar-refractivity contribution in [3.8, 4) is 6.07 Å². The average Bonchev–Trinajstić information content (AvgIpc) is 2.26. The number of nitrogens with zero attached hydrogens (tertiary/aromatic N) is 3. The minimum Gasteiger partial charge on any atom is -0.465 e. The van der Waals surface area contributed by atoms with E-state index in [9.17, 15) is 9.59 Å². The maximum atomic E-state index is 12.0. The summed E-state index contributed by atoms with van der Waals surface area (Å²) in [5, 5.41) is 17.7. The zero-order valence-corrected chi connectivity index (χ0v) is 11.4. The van der Waals surface area contributed by atoms with E-state index < -0.39 is 23.8 Å². The van der Waals surface area contributed by atoms with Crippen LogP contribution in [0.2, 0.25) is 0 Å². The first-order valence-electron chi connectivity index (χ1n) is 6.09. The maximum absolute atomic E-state index is 12.0. The monoisotopic (exact) mass is 269 g/mol. The fourth-order valence-electron chi connectivity index (χ4n) is 1.87. The molecule has 0 spiro atoms. The van der Waals surface area contributed by atoms with Crippen LogP contribution in [-0.2, 0) is 4.74 Å². The molecule has 1 atom stereocenters. The summed E-state index contributed by atoms with van der Waals surface area (Å²) in [6, 6.07) is 1.52. The molecule has 0 unspecified atom stereocenters. The molecule has 1 heterocycles. The Balaban J connectivity index is 2.74. The summed E-state index contributed by atoms with van der Waals surface area (Å²) in [7, 11) is 0. The first-order valence-corrected chi connectivity index (χ1v) is 6.09. The molecule has 0 aromatic rings. The molecule has 1 aliphatic rings. The fourth-order valence-corrected chi connectivity index (χ4v) is 1.87. The van der Waals surface area contributed by atoms with Gasteiger partial charge in [-0.1, -0.05) is 0 Å². The van der Waals surface area contributed by atoms with Crippen molar-refractivity contribution in [2.24, 2.45) is 0 Å². The molecule has 1 rings (SSSR count). The summed E-state index contributed by atoms with van der Waals surface area (Å²) in [4.78, 5) is 25.6. The largest absolute Gasteiger partial charge is 0.465 e. The highest BCUT2D eigenvalue weighted by Crippen LogP contribution is 2.17. The number of amides is 2. The first kappa shape index (κ1) is 15.1. The van der Waals surface area contributed by atoms with Crippen LogP contribution in [-0.4, -0.2) is 58.4 Å². The second kappa shape index (κ2) is 5.78. The zero-order valence-electron chi connectivity index (χ0n) is 11.4. The predicted octanol–water partition coefficient (Wildman–Crippen LogP) is 1.50. The van der Waals surface area contributed by atoms with Crippen molar-refractivity contribution in [3.05, 3.63) is 0 Å². The molecule has 106 valence electrons. The van der Waals surface area contributed by atoms with Gasteiger partial charge in [-0.05, 0) is 20.8 Å². The van der Waals surface area contributed by atoms with Gasteiger partial charge < -0.3 is 19.6 Å². The van der Waals surface area contributed by atoms with Crippen molar-refractivity contribution in [1.82, 2.24) is 9.80 Å². The molecule has 0 aliphatic carbocycles. The van der Waals surface area contributed by atoms with Gasteiger partial charge in [0.15, 0.2) is 0 Å². The SMILES string of the molecule is CC(C)(C)OC(=O)N1CCN(C(=O)O)C[C@@H]1CC#N. The number of ether oxygens (including phenoxy) is 1. The van der Waals surface area contributed by atoms with Gasteiger partial charge in [0.25, 0.3) is 0 Å². The van der Waals surface area contributed by atoms with E-state index >= 15 is 0 Å². The summed E-state index contributed by atoms with van der Waals surface area (Å²) in [6.45, 7) is 5.90. The van der Waals surface area contributed by atoms with Gasteiger partial charge in [0, 0.05) is 19.6 Å². The summed E-state index contributed by atoms with van der Waals surface area (Å²) in [5.41, 5.74) is -0.613. The van der Waals surface area contributed by atoms with Crippen LogP contribution in [0.25, 0.3) is 0 Å². The van der Waals surface area contributed by atoms with E-state index in [4.69, 9.17) is 15.1 Å². The van der Waals surface area contributed by atoms with E-state index in [0.29, 0.717) is 0 Å². The van der Waals surface area contributed by atoms with E-state index in [0.717, 1.165) is 0 Å². The van der Waals surface area contributed by atoms with E-state index in [1.165, 1.54) is 9.80 Å². The van der Waals surface area contributed by atoms with Crippen LogP contribution in [0.5, 0.6) is 0 Å². The van der Waals surface area contributed by atoms with Crippen LogP contribution in [0.3, 0.4) is 0 Å². The van der Waals surface area contributed by atoms with Gasteiger partial charge in [-0.2, -0.15) is 5.26 Å². The summed E-state index contributed by atoms with van der Waals surface area (Å²) in [6.07, 6.45) is -1.45. The lowest BCUT2D eigenvalue weighted by Crippen LogP contribution is -2.57. The molecule has 7 nitrogen and oxygen atoms in total. The number of carbonyl (C=O) groups excluding carboxylic acids is 1. The van der Waals surface area contributed by atoms with Crippen LogP contribution in [0.4, 0.5) is 9.59 Å². The third-order valence-electron chi connectivity index (χ3n) is 2.71. The van der Waals surface area contributed by atoms with Crippen LogP contribution in [0.1, 0.15) is 27.2 Å². The second-order valence-electron chi connectivity index (χ2n) is 5.42. The van der Waals surface area contributed by atoms with E-state index in [-0.39, 0.29) is 26.1 Å². The molecule has 1 saturated heterocycles. The lowest BCUT2D eigenvalue weighted by atomic mass is 10.1. The van der Waals surface area contributed by atoms with E-state index in [1.54, 1.807) is 20.8 Å². The van der Waals surface area contributed by atoms with Crippen molar-refractivity contribution < 1.29 is 19.4 Å². The van der Waals surface area contributed by atoms with Crippen LogP contribution >= 0.6 is 0 Å². The van der Waals surface area contributed by atoms with Gasteiger partial charge in [0.2, 0.25) is 0 Å². The minimum absolute atomic E-state index is 0.0863. The third kappa shape index (κ3) is 4.32. The van der Waals surface area contributed by atoms with Crippen LogP contribution in [0, 0.1) is 11.3 Å². The second-order valence-corrected chi connectivity index (χ2v) is 5.42. The van der Waals surface area contributed by atoms with Gasteiger partial charge in [0.05, 0.1) is 18.5 Å². The van der Waals surface area contributed by atoms with Crippen LogP contribution in [0.15, 0.2) is 0 Å². The molecular formula is C12H19N3O4. The number of carbonyl (C=O) groups is 2. The number of hydrogen-bond acceptors (Lipinski definition) is 4. The van der Waals surface area contributed by atoms with E-state index in [2.05, 4.69) is 0 Å². The van der Waals surface area contributed by atoms with Crippen molar-refractivity contribution in [2.75, 3.05) is 19.6 Å². The molecule has 0 saturated carbocycles. The Morgan fingerprint density at radius 2 is 2.05 bits per heavy atom. The number of hydrogen-bond donors (Lipinski definition) is 1. The maximum Gasteiger partial charge on any atom is 0.410 e. The zero-order chi connectivity index (χ0) is 14.6. The smallest absolute Gasteiger partial charge is 0.410 e. The molecule has 19 heavy (non-hydrogen) atoms. The first-order chi connectivity index (χ1) is 8.74. The molecule has 0 radical (unpaired) electrons. The number of nitriles is 1. The topological polar surface area (TPSA) is 93.9 Å². The molecule has 1 fully saturated rings. The van der Waals surface area contributed by atoms with Crippen molar-refractivity contribution in [2.45, 2.75) is 38.8 Å². The van der Waals surface area contributed by atoms with Crippen molar-refractivity contribution >= 4 is 12.2 Å². The predicted molar refractivity (Wildman–Crippen MR) is 66.6 cm³/mol. The van der Waals surface area contributed by atoms with Gasteiger partial charge in [-0.3, -0.25) is 0 Å². The average molecular weight is 269 g/mol. The molecule has 0 aromatic carbocycles. The van der Waals surface area contributed by atoms with Gasteiger partial charge in [-0.25, -0.2) is 9.59 Å². The Hall–Kier alpha value is -1.97. The molecule has 7 heteroatoms. The van der Waals surface area contributed by atoms with Gasteiger partial charge >= 0.3 is 12.2 Å². The Morgan fingerprint density at radius 3 is 2.53 bits per heavy atom. The van der Waals surface area contributed by atoms with Crippen molar-refractivity contribution in [1.29, 1.82) is 5.26 Å². The number of piperazine rings is 1. The highest BCUT2D eigenvalue weighted by atomic mass is 16.6. The molecule has 0 aromatic heterocycles. The summed E-state index contributed by atoms with van der Waals surface area (Å²) < 4.78 is 5.26. The quantitative estimate of drug-likeness (QED) is 0.778. The molecule has 2 amide bonds. The fraction of sp³-hybridized carbons (Fsp3) is 0.750. The summed E-state index contributed by atoms with van der Waals surface area (Å²) >= 11 is 0. The Bertz CT molecular complexity index is 397. The highest BCUT2D eigenvalue weighted by Gasteiger charge is 2.34. The molecule has 1 aliphatic heterocycles. The number of rotatable bonds is 1. The third-order valence-corrected chi connectivity index (χ3v) is 2.71. The highest BCUT2D eigenvalue weighted by molar-refractivity contribution is 5.70. The van der Waals surface area contributed by atoms with Crippen LogP contribution < -0.4 is 0 Å². The summed E-state index contributed by atoms with van der Waals surface area (Å²) in [5.74, 6) is 0. The lowest BCUT2D eigenvalue weighted by molar-refractivity contribution is 0.000605. The Morgan fingerprint density at radius 1 is 1.42 bits per heavy atom.